The Kier molecular flexibility index (Phi) is 3.67. The first-order chi connectivity index (χ1) is 5.37. The molecule has 0 saturated carbocycles. The van der Waals surface area contributed by atoms with Gasteiger partial charge in [0.25, 0.3) is 0 Å². The lowest BCUT2D eigenvalue weighted by molar-refractivity contribution is -0.150. The molecule has 2 atom stereocenters. The predicted molar refractivity (Wildman–Crippen MR) is 48.0 cm³/mol. The second kappa shape index (κ2) is 3.87. The molecular formula is C8H18N2O2. The average Bonchev–Trinajstić information content (AvgIpc) is 2.00. The van der Waals surface area contributed by atoms with Crippen LogP contribution in [0.1, 0.15) is 20.3 Å². The maximum Gasteiger partial charge on any atom is 0.325 e. The highest BCUT2D eigenvalue weighted by atomic mass is 16.4. The zero-order chi connectivity index (χ0) is 9.94. The molecule has 72 valence electrons. The van der Waals surface area contributed by atoms with Crippen molar-refractivity contribution in [1.29, 1.82) is 0 Å². The lowest BCUT2D eigenvalue weighted by Crippen LogP contribution is -2.60. The van der Waals surface area contributed by atoms with Gasteiger partial charge in [-0.05, 0) is 27.4 Å². The lowest BCUT2D eigenvalue weighted by atomic mass is 9.90. The van der Waals surface area contributed by atoms with E-state index < -0.39 is 11.5 Å². The third-order valence-corrected chi connectivity index (χ3v) is 2.52. The van der Waals surface area contributed by atoms with E-state index in [1.165, 1.54) is 0 Å². The summed E-state index contributed by atoms with van der Waals surface area (Å²) in [5, 5.41) is 8.98. The topological polar surface area (TPSA) is 66.6 Å². The summed E-state index contributed by atoms with van der Waals surface area (Å²) >= 11 is 0. The minimum Gasteiger partial charge on any atom is -0.480 e. The van der Waals surface area contributed by atoms with Gasteiger partial charge in [-0.25, -0.2) is 0 Å². The number of carboxylic acid groups (broad SMARTS) is 1. The Morgan fingerprint density at radius 3 is 2.17 bits per heavy atom. The summed E-state index contributed by atoms with van der Waals surface area (Å²) in [5.74, 6) is -0.873. The van der Waals surface area contributed by atoms with Gasteiger partial charge in [0.2, 0.25) is 0 Å². The third-order valence-electron chi connectivity index (χ3n) is 2.52. The Bertz CT molecular complexity index is 170. The van der Waals surface area contributed by atoms with Crippen LogP contribution in [0.25, 0.3) is 0 Å². The van der Waals surface area contributed by atoms with Crippen molar-refractivity contribution in [3.8, 4) is 0 Å². The van der Waals surface area contributed by atoms with Crippen LogP contribution in [0.5, 0.6) is 0 Å². The van der Waals surface area contributed by atoms with Gasteiger partial charge in [0.15, 0.2) is 0 Å². The van der Waals surface area contributed by atoms with Crippen molar-refractivity contribution in [1.82, 2.24) is 4.90 Å². The van der Waals surface area contributed by atoms with Gasteiger partial charge in [-0.1, -0.05) is 6.92 Å². The number of aliphatic carboxylic acids is 1. The van der Waals surface area contributed by atoms with Crippen molar-refractivity contribution in [2.24, 2.45) is 5.73 Å². The molecule has 0 radical (unpaired) electrons. The maximum absolute atomic E-state index is 10.9. The molecule has 4 heteroatoms. The lowest BCUT2D eigenvalue weighted by Gasteiger charge is -2.36. The van der Waals surface area contributed by atoms with E-state index in [4.69, 9.17) is 10.8 Å². The van der Waals surface area contributed by atoms with E-state index in [9.17, 15) is 4.79 Å². The maximum atomic E-state index is 10.9. The van der Waals surface area contributed by atoms with E-state index in [-0.39, 0.29) is 6.04 Å². The van der Waals surface area contributed by atoms with Crippen LogP contribution in [0.2, 0.25) is 0 Å². The molecule has 3 N–H and O–H groups in total. The summed E-state index contributed by atoms with van der Waals surface area (Å²) < 4.78 is 0. The number of nitrogens with two attached hydrogens (primary N) is 1. The van der Waals surface area contributed by atoms with Gasteiger partial charge in [0, 0.05) is 6.04 Å². The molecule has 0 aliphatic heterocycles. The normalized spacial score (nSPS) is 18.8. The summed E-state index contributed by atoms with van der Waals surface area (Å²) in [6.45, 7) is 3.53. The zero-order valence-corrected chi connectivity index (χ0v) is 8.16. The summed E-state index contributed by atoms with van der Waals surface area (Å²) in [4.78, 5) is 12.6. The number of carboxylic acids is 1. The van der Waals surface area contributed by atoms with Gasteiger partial charge in [-0.2, -0.15) is 0 Å². The van der Waals surface area contributed by atoms with Crippen LogP contribution < -0.4 is 5.73 Å². The Morgan fingerprint density at radius 1 is 1.67 bits per heavy atom. The number of hydrogen-bond acceptors (Lipinski definition) is 3. The fourth-order valence-corrected chi connectivity index (χ4v) is 1.08. The molecule has 0 aliphatic carbocycles. The minimum absolute atomic E-state index is 0.343. The fraction of sp³-hybridized carbons (Fsp3) is 0.875. The Balaban J connectivity index is 4.74. The van der Waals surface area contributed by atoms with E-state index in [1.807, 2.05) is 6.92 Å². The first-order valence-corrected chi connectivity index (χ1v) is 4.03. The molecule has 0 spiro atoms. The molecule has 0 bridgehead atoms. The first kappa shape index (κ1) is 11.4. The van der Waals surface area contributed by atoms with Crippen LogP contribution in [-0.2, 0) is 4.79 Å². The highest BCUT2D eigenvalue weighted by molar-refractivity contribution is 5.79. The fourth-order valence-electron chi connectivity index (χ4n) is 1.08. The van der Waals surface area contributed by atoms with Gasteiger partial charge < -0.3 is 10.8 Å². The van der Waals surface area contributed by atoms with Crippen LogP contribution >= 0.6 is 0 Å². The summed E-state index contributed by atoms with van der Waals surface area (Å²) in [6, 6.07) is -0.343. The number of nitrogens with zero attached hydrogens (tertiary/aromatic N) is 1. The molecular weight excluding hydrogens is 156 g/mol. The zero-order valence-electron chi connectivity index (χ0n) is 8.16. The molecule has 12 heavy (non-hydrogen) atoms. The van der Waals surface area contributed by atoms with Crippen molar-refractivity contribution in [2.75, 3.05) is 14.1 Å². The smallest absolute Gasteiger partial charge is 0.325 e. The van der Waals surface area contributed by atoms with Crippen molar-refractivity contribution in [3.63, 3.8) is 0 Å². The van der Waals surface area contributed by atoms with Crippen LogP contribution in [-0.4, -0.2) is 41.7 Å². The molecule has 0 amide bonds. The van der Waals surface area contributed by atoms with E-state index >= 15 is 0 Å². The molecule has 0 heterocycles. The highest BCUT2D eigenvalue weighted by Gasteiger charge is 2.40. The number of likely N-dealkylation sites (N-methyl/N-ethyl adjacent to an activating group) is 1. The number of rotatable bonds is 4. The second-order valence-corrected chi connectivity index (χ2v) is 3.36. The monoisotopic (exact) mass is 174 g/mol. The highest BCUT2D eigenvalue weighted by Crippen LogP contribution is 2.17. The van der Waals surface area contributed by atoms with E-state index in [0.29, 0.717) is 6.42 Å². The molecule has 4 nitrogen and oxygen atoms in total. The Labute approximate surface area is 73.3 Å². The van der Waals surface area contributed by atoms with E-state index in [2.05, 4.69) is 0 Å². The minimum atomic E-state index is -0.964. The van der Waals surface area contributed by atoms with Crippen molar-refractivity contribution < 1.29 is 9.90 Å². The largest absolute Gasteiger partial charge is 0.480 e. The predicted octanol–water partition coefficient (Wildman–Crippen LogP) is 0.129. The Hall–Kier alpha value is -0.610. The van der Waals surface area contributed by atoms with Gasteiger partial charge in [-0.15, -0.1) is 0 Å². The summed E-state index contributed by atoms with van der Waals surface area (Å²) in [6.07, 6.45) is 0.654. The van der Waals surface area contributed by atoms with E-state index in [1.54, 1.807) is 25.9 Å². The van der Waals surface area contributed by atoms with Gasteiger partial charge in [-0.3, -0.25) is 9.69 Å². The molecule has 0 fully saturated rings. The number of carbonyl (C=O) groups is 1. The molecule has 0 rings (SSSR count). The van der Waals surface area contributed by atoms with Crippen LogP contribution in [0, 0.1) is 0 Å². The molecule has 0 aromatic carbocycles. The third kappa shape index (κ3) is 1.76. The Morgan fingerprint density at radius 2 is 2.08 bits per heavy atom. The van der Waals surface area contributed by atoms with Crippen LogP contribution in [0.3, 0.4) is 0 Å². The average molecular weight is 174 g/mol. The number of hydrogen-bond donors (Lipinski definition) is 2. The SMILES string of the molecule is CCC(N)C(C)(C(=O)O)N(C)C. The first-order valence-electron chi connectivity index (χ1n) is 4.03. The van der Waals surface area contributed by atoms with Crippen LogP contribution in [0.4, 0.5) is 0 Å². The second-order valence-electron chi connectivity index (χ2n) is 3.36. The molecule has 0 aromatic rings. The van der Waals surface area contributed by atoms with Crippen molar-refractivity contribution in [2.45, 2.75) is 31.8 Å². The van der Waals surface area contributed by atoms with E-state index in [0.717, 1.165) is 0 Å². The quantitative estimate of drug-likeness (QED) is 0.635. The molecule has 0 aromatic heterocycles. The van der Waals surface area contributed by atoms with Gasteiger partial charge in [0.1, 0.15) is 5.54 Å². The van der Waals surface area contributed by atoms with Gasteiger partial charge in [0.05, 0.1) is 0 Å². The molecule has 2 unspecified atom stereocenters. The van der Waals surface area contributed by atoms with Crippen molar-refractivity contribution in [3.05, 3.63) is 0 Å². The van der Waals surface area contributed by atoms with Crippen molar-refractivity contribution >= 4 is 5.97 Å². The standard InChI is InChI=1S/C8H18N2O2/c1-5-6(9)8(2,7(11)12)10(3)4/h6H,5,9H2,1-4H3,(H,11,12). The molecule has 0 aliphatic rings. The summed E-state index contributed by atoms with van der Waals surface area (Å²) in [5.41, 5.74) is 4.77. The summed E-state index contributed by atoms with van der Waals surface area (Å²) in [7, 11) is 3.45. The molecule has 0 saturated heterocycles. The van der Waals surface area contributed by atoms with Crippen LogP contribution in [0.15, 0.2) is 0 Å². The van der Waals surface area contributed by atoms with Gasteiger partial charge >= 0.3 is 5.97 Å².